The van der Waals surface area contributed by atoms with Crippen molar-refractivity contribution in [2.75, 3.05) is 13.7 Å². The third-order valence-electron chi connectivity index (χ3n) is 12.0. The van der Waals surface area contributed by atoms with Crippen LogP contribution >= 0.6 is 0 Å². The number of carboxylic acids is 1. The van der Waals surface area contributed by atoms with Crippen molar-refractivity contribution >= 4 is 30.7 Å². The third-order valence-corrected chi connectivity index (χ3v) is 12.0. The van der Waals surface area contributed by atoms with Gasteiger partial charge in [0.15, 0.2) is 6.61 Å². The summed E-state index contributed by atoms with van der Waals surface area (Å²) in [4.78, 5) is 59.3. The van der Waals surface area contributed by atoms with Crippen LogP contribution in [0.2, 0.25) is 0 Å². The lowest BCUT2D eigenvalue weighted by atomic mass is 9.41. The van der Waals surface area contributed by atoms with Gasteiger partial charge in [-0.05, 0) is 98.2 Å². The van der Waals surface area contributed by atoms with Gasteiger partial charge in [-0.2, -0.15) is 0 Å². The highest BCUT2D eigenvalue weighted by molar-refractivity contribution is 5.77. The SMILES string of the molecule is COC(=O)CCC(C)C1CCC2C3C(CC=O)CC4CC(C(=O)OCC(=O)O)CCC4(C)C3C[C@H](OC=O)C12C. The maximum absolute atomic E-state index is 12.7. The fraction of sp³-hybridized carbons (Fsp3) is 0.839. The number of hydrogen-bond donors (Lipinski definition) is 1. The predicted molar refractivity (Wildman–Crippen MR) is 144 cm³/mol. The normalized spacial score (nSPS) is 40.9. The zero-order valence-electron chi connectivity index (χ0n) is 24.3. The number of carbonyl (C=O) groups excluding carboxylic acids is 4. The molecule has 0 spiro atoms. The lowest BCUT2D eigenvalue weighted by Crippen LogP contribution is -2.61. The summed E-state index contributed by atoms with van der Waals surface area (Å²) in [6.07, 6.45) is 8.00. The number of hydrogen-bond acceptors (Lipinski definition) is 8. The molecule has 4 saturated carbocycles. The number of aldehydes is 1. The Morgan fingerprint density at radius 1 is 1.05 bits per heavy atom. The maximum atomic E-state index is 12.7. The van der Waals surface area contributed by atoms with Crippen LogP contribution in [0.25, 0.3) is 0 Å². The molecule has 9 nitrogen and oxygen atoms in total. The summed E-state index contributed by atoms with van der Waals surface area (Å²) in [7, 11) is 1.41. The van der Waals surface area contributed by atoms with E-state index in [-0.39, 0.29) is 58.4 Å². The van der Waals surface area contributed by atoms with Crippen molar-refractivity contribution in [1.29, 1.82) is 0 Å². The third kappa shape index (κ3) is 5.41. The van der Waals surface area contributed by atoms with E-state index in [2.05, 4.69) is 20.8 Å². The Bertz CT molecular complexity index is 980. The highest BCUT2D eigenvalue weighted by Crippen LogP contribution is 2.70. The van der Waals surface area contributed by atoms with E-state index in [0.717, 1.165) is 44.8 Å². The van der Waals surface area contributed by atoms with Crippen molar-refractivity contribution in [3.63, 3.8) is 0 Å². The topological polar surface area (TPSA) is 133 Å². The highest BCUT2D eigenvalue weighted by Gasteiger charge is 2.66. The van der Waals surface area contributed by atoms with Crippen LogP contribution < -0.4 is 0 Å². The summed E-state index contributed by atoms with van der Waals surface area (Å²) in [5.41, 5.74) is -0.326. The fourth-order valence-electron chi connectivity index (χ4n) is 10.1. The Morgan fingerprint density at radius 2 is 1.80 bits per heavy atom. The molecule has 4 rings (SSSR count). The number of esters is 2. The van der Waals surface area contributed by atoms with Crippen LogP contribution in [0.3, 0.4) is 0 Å². The predicted octanol–water partition coefficient (Wildman–Crippen LogP) is 4.45. The maximum Gasteiger partial charge on any atom is 0.341 e. The van der Waals surface area contributed by atoms with E-state index in [0.29, 0.717) is 44.0 Å². The first kappa shape index (κ1) is 30.5. The summed E-state index contributed by atoms with van der Waals surface area (Å²) in [5, 5.41) is 8.93. The van der Waals surface area contributed by atoms with Crippen molar-refractivity contribution in [3.8, 4) is 0 Å². The molecule has 4 aliphatic carbocycles. The quantitative estimate of drug-likeness (QED) is 0.220. The number of fused-ring (bicyclic) bond motifs is 5. The van der Waals surface area contributed by atoms with E-state index >= 15 is 0 Å². The molecule has 9 heteroatoms. The van der Waals surface area contributed by atoms with Gasteiger partial charge in [-0.3, -0.25) is 14.4 Å². The number of ether oxygens (including phenoxy) is 3. The number of carbonyl (C=O) groups is 5. The van der Waals surface area contributed by atoms with Gasteiger partial charge in [-0.25, -0.2) is 4.79 Å². The summed E-state index contributed by atoms with van der Waals surface area (Å²) in [6, 6.07) is 0. The Morgan fingerprint density at radius 3 is 2.45 bits per heavy atom. The standard InChI is InChI=1S/C31H46O9/c1-18(5-8-27(36)38-4)22-6-7-23-28-19(10-12-32)13-21-14-20(29(37)39-16-26(34)35)9-11-30(21,2)24(28)15-25(40-17-33)31(22,23)3/h12,17-25,28H,5-11,13-16H2,1-4H3,(H,34,35)/t18?,19?,20?,21?,22?,23?,24?,25-,28?,30?,31?/m0/s1. The molecule has 40 heavy (non-hydrogen) atoms. The van der Waals surface area contributed by atoms with E-state index in [4.69, 9.17) is 19.3 Å². The van der Waals surface area contributed by atoms with Crippen LogP contribution in [0, 0.1) is 58.2 Å². The number of methoxy groups -OCH3 is 1. The molecule has 4 aliphatic rings. The minimum Gasteiger partial charge on any atom is -0.479 e. The summed E-state index contributed by atoms with van der Waals surface area (Å²) < 4.78 is 15.9. The van der Waals surface area contributed by atoms with Crippen LogP contribution in [-0.4, -0.2) is 55.6 Å². The van der Waals surface area contributed by atoms with E-state index < -0.39 is 18.5 Å². The first-order chi connectivity index (χ1) is 19.0. The molecule has 1 N–H and O–H groups in total. The van der Waals surface area contributed by atoms with Crippen molar-refractivity contribution in [2.24, 2.45) is 58.2 Å². The fourth-order valence-corrected chi connectivity index (χ4v) is 10.1. The molecular formula is C31H46O9. The van der Waals surface area contributed by atoms with E-state index in [1.807, 2.05) is 0 Å². The summed E-state index contributed by atoms with van der Waals surface area (Å²) in [5.74, 6) is -0.380. The number of carboxylic acid groups (broad SMARTS) is 1. The van der Waals surface area contributed by atoms with Gasteiger partial charge in [0.2, 0.25) is 0 Å². The molecule has 0 saturated heterocycles. The summed E-state index contributed by atoms with van der Waals surface area (Å²) in [6.45, 7) is 6.74. The van der Waals surface area contributed by atoms with Crippen LogP contribution in [-0.2, 0) is 38.2 Å². The smallest absolute Gasteiger partial charge is 0.341 e. The Labute approximate surface area is 237 Å². The summed E-state index contributed by atoms with van der Waals surface area (Å²) >= 11 is 0. The molecule has 0 aliphatic heterocycles. The lowest BCUT2D eigenvalue weighted by Gasteiger charge is -2.64. The van der Waals surface area contributed by atoms with Crippen LogP contribution in [0.1, 0.15) is 85.0 Å². The molecule has 4 fully saturated rings. The molecule has 0 amide bonds. The molecule has 0 aromatic heterocycles. The lowest BCUT2D eigenvalue weighted by molar-refractivity contribution is -0.202. The number of rotatable bonds is 11. The zero-order chi connectivity index (χ0) is 29.2. The van der Waals surface area contributed by atoms with Crippen LogP contribution in [0.4, 0.5) is 0 Å². The van der Waals surface area contributed by atoms with Crippen LogP contribution in [0.15, 0.2) is 0 Å². The first-order valence-corrected chi connectivity index (χ1v) is 15.0. The van der Waals surface area contributed by atoms with E-state index in [1.54, 1.807) is 0 Å². The Hall–Kier alpha value is -2.45. The van der Waals surface area contributed by atoms with Crippen LogP contribution in [0.5, 0.6) is 0 Å². The highest BCUT2D eigenvalue weighted by atomic mass is 16.6. The molecular weight excluding hydrogens is 516 g/mol. The Kier molecular flexibility index (Phi) is 9.30. The largest absolute Gasteiger partial charge is 0.479 e. The Balaban J connectivity index is 1.62. The second-order valence-corrected chi connectivity index (χ2v) is 13.5. The average molecular weight is 563 g/mol. The van der Waals surface area contributed by atoms with E-state index in [9.17, 15) is 24.0 Å². The molecule has 0 bridgehead atoms. The van der Waals surface area contributed by atoms with E-state index in [1.165, 1.54) is 7.11 Å². The first-order valence-electron chi connectivity index (χ1n) is 15.0. The molecule has 11 atom stereocenters. The molecule has 10 unspecified atom stereocenters. The van der Waals surface area contributed by atoms with Gasteiger partial charge < -0.3 is 24.1 Å². The van der Waals surface area contributed by atoms with Gasteiger partial charge >= 0.3 is 17.9 Å². The van der Waals surface area contributed by atoms with Gasteiger partial charge in [0.05, 0.1) is 13.0 Å². The average Bonchev–Trinajstić information content (AvgIpc) is 3.29. The second kappa shape index (κ2) is 12.2. The molecule has 0 aromatic carbocycles. The number of aliphatic carboxylic acids is 1. The minimum absolute atomic E-state index is 0.0754. The molecule has 224 valence electrons. The molecule has 0 heterocycles. The zero-order valence-corrected chi connectivity index (χ0v) is 24.3. The van der Waals surface area contributed by atoms with Crippen molar-refractivity contribution in [3.05, 3.63) is 0 Å². The van der Waals surface area contributed by atoms with Crippen molar-refractivity contribution in [1.82, 2.24) is 0 Å². The van der Waals surface area contributed by atoms with Gasteiger partial charge in [-0.1, -0.05) is 20.8 Å². The van der Waals surface area contributed by atoms with Gasteiger partial charge in [-0.15, -0.1) is 0 Å². The van der Waals surface area contributed by atoms with Crippen molar-refractivity contribution < 1.29 is 43.3 Å². The minimum atomic E-state index is -1.17. The van der Waals surface area contributed by atoms with Crippen molar-refractivity contribution in [2.45, 2.75) is 91.1 Å². The monoisotopic (exact) mass is 562 g/mol. The van der Waals surface area contributed by atoms with Gasteiger partial charge in [0.25, 0.3) is 6.47 Å². The second-order valence-electron chi connectivity index (χ2n) is 13.5. The van der Waals surface area contributed by atoms with Gasteiger partial charge in [0, 0.05) is 18.3 Å². The molecule has 0 radical (unpaired) electrons. The van der Waals surface area contributed by atoms with Gasteiger partial charge in [0.1, 0.15) is 12.4 Å². The molecule has 0 aromatic rings.